The van der Waals surface area contributed by atoms with E-state index in [1.165, 1.54) is 6.92 Å². The predicted molar refractivity (Wildman–Crippen MR) is 45.5 cm³/mol. The summed E-state index contributed by atoms with van der Waals surface area (Å²) in [7, 11) is 0. The highest BCUT2D eigenvalue weighted by molar-refractivity contribution is 5.76. The molecule has 3 atom stereocenters. The quantitative estimate of drug-likeness (QED) is 0.591. The first-order chi connectivity index (χ1) is 5.49. The summed E-state index contributed by atoms with van der Waals surface area (Å²) in [5, 5.41) is 8.95. The smallest absolute Gasteiger partial charge is 0.325 e. The van der Waals surface area contributed by atoms with Crippen molar-refractivity contribution in [2.45, 2.75) is 45.4 Å². The van der Waals surface area contributed by atoms with Gasteiger partial charge in [0.25, 0.3) is 0 Å². The minimum absolute atomic E-state index is 0.137. The van der Waals surface area contributed by atoms with Gasteiger partial charge in [-0.3, -0.25) is 4.79 Å². The second kappa shape index (κ2) is 5.11. The maximum atomic E-state index is 11.0. The number of carbonyl (C=O) groups is 1. The number of aliphatic hydroxyl groups is 1. The van der Waals surface area contributed by atoms with Gasteiger partial charge in [0, 0.05) is 0 Å². The fourth-order valence-corrected chi connectivity index (χ4v) is 0.557. The van der Waals surface area contributed by atoms with Gasteiger partial charge in [-0.2, -0.15) is 0 Å². The van der Waals surface area contributed by atoms with Gasteiger partial charge in [0.05, 0.1) is 12.2 Å². The summed E-state index contributed by atoms with van der Waals surface area (Å²) >= 11 is 0. The lowest BCUT2D eigenvalue weighted by molar-refractivity contribution is -0.152. The van der Waals surface area contributed by atoms with E-state index in [4.69, 9.17) is 15.6 Å². The fourth-order valence-electron chi connectivity index (χ4n) is 0.557. The van der Waals surface area contributed by atoms with Gasteiger partial charge >= 0.3 is 5.97 Å². The predicted octanol–water partition coefficient (Wildman–Crippen LogP) is 0.0362. The lowest BCUT2D eigenvalue weighted by Crippen LogP contribution is -2.42. The number of nitrogens with two attached hydrogens (primary N) is 1. The number of rotatable bonds is 4. The lowest BCUT2D eigenvalue weighted by atomic mass is 10.2. The van der Waals surface area contributed by atoms with Gasteiger partial charge in [0.2, 0.25) is 0 Å². The standard InChI is InChI=1S/C8H17NO3/c1-4-5(2)12-8(11)7(9)6(3)10/h5-7,10H,4,9H2,1-3H3/t5-,6?,7+/m0/s1. The van der Waals surface area contributed by atoms with Crippen molar-refractivity contribution < 1.29 is 14.6 Å². The Kier molecular flexibility index (Phi) is 4.85. The molecular weight excluding hydrogens is 158 g/mol. The Morgan fingerprint density at radius 2 is 2.08 bits per heavy atom. The lowest BCUT2D eigenvalue weighted by Gasteiger charge is -2.16. The summed E-state index contributed by atoms with van der Waals surface area (Å²) in [6.45, 7) is 5.15. The number of carbonyl (C=O) groups excluding carboxylic acids is 1. The molecule has 0 saturated heterocycles. The Morgan fingerprint density at radius 1 is 1.58 bits per heavy atom. The van der Waals surface area contributed by atoms with Crippen LogP contribution in [0.4, 0.5) is 0 Å². The van der Waals surface area contributed by atoms with E-state index in [1.807, 2.05) is 6.92 Å². The van der Waals surface area contributed by atoms with Crippen LogP contribution in [0.25, 0.3) is 0 Å². The molecule has 0 rings (SSSR count). The van der Waals surface area contributed by atoms with E-state index in [2.05, 4.69) is 0 Å². The molecule has 0 heterocycles. The highest BCUT2D eigenvalue weighted by Crippen LogP contribution is 2.00. The fraction of sp³-hybridized carbons (Fsp3) is 0.875. The van der Waals surface area contributed by atoms with Gasteiger partial charge in [-0.15, -0.1) is 0 Å². The van der Waals surface area contributed by atoms with Crippen LogP contribution >= 0.6 is 0 Å². The first-order valence-corrected chi connectivity index (χ1v) is 4.13. The Morgan fingerprint density at radius 3 is 2.42 bits per heavy atom. The Balaban J connectivity index is 3.87. The second-order valence-corrected chi connectivity index (χ2v) is 2.92. The summed E-state index contributed by atoms with van der Waals surface area (Å²) in [6.07, 6.45) is -0.248. The Hall–Kier alpha value is -0.610. The molecule has 1 unspecified atom stereocenters. The molecule has 0 amide bonds. The van der Waals surface area contributed by atoms with Gasteiger partial charge in [-0.1, -0.05) is 6.92 Å². The first kappa shape index (κ1) is 11.4. The van der Waals surface area contributed by atoms with Crippen molar-refractivity contribution in [2.24, 2.45) is 5.73 Å². The molecule has 0 radical (unpaired) electrons. The highest BCUT2D eigenvalue weighted by atomic mass is 16.5. The number of aliphatic hydroxyl groups excluding tert-OH is 1. The van der Waals surface area contributed by atoms with Gasteiger partial charge in [0.1, 0.15) is 6.04 Å². The van der Waals surface area contributed by atoms with Crippen LogP contribution in [0, 0.1) is 0 Å². The third-order valence-corrected chi connectivity index (χ3v) is 1.68. The largest absolute Gasteiger partial charge is 0.461 e. The van der Waals surface area contributed by atoms with Crippen LogP contribution in [-0.2, 0) is 9.53 Å². The second-order valence-electron chi connectivity index (χ2n) is 2.92. The zero-order chi connectivity index (χ0) is 9.72. The summed E-state index contributed by atoms with van der Waals surface area (Å²) in [6, 6.07) is -0.931. The molecule has 0 aliphatic carbocycles. The highest BCUT2D eigenvalue weighted by Gasteiger charge is 2.21. The molecule has 0 aromatic carbocycles. The number of hydrogen-bond donors (Lipinski definition) is 2. The number of ether oxygens (including phenoxy) is 1. The first-order valence-electron chi connectivity index (χ1n) is 4.13. The van der Waals surface area contributed by atoms with Crippen LogP contribution < -0.4 is 5.73 Å². The average Bonchev–Trinajstić information content (AvgIpc) is 2.02. The number of hydrogen-bond acceptors (Lipinski definition) is 4. The van der Waals surface area contributed by atoms with Crippen LogP contribution in [0.3, 0.4) is 0 Å². The zero-order valence-corrected chi connectivity index (χ0v) is 7.78. The van der Waals surface area contributed by atoms with Crippen molar-refractivity contribution in [3.63, 3.8) is 0 Å². The topological polar surface area (TPSA) is 72.5 Å². The van der Waals surface area contributed by atoms with E-state index < -0.39 is 18.1 Å². The van der Waals surface area contributed by atoms with E-state index in [0.717, 1.165) is 6.42 Å². The molecular formula is C8H17NO3. The van der Waals surface area contributed by atoms with Gasteiger partial charge < -0.3 is 15.6 Å². The molecule has 0 aliphatic heterocycles. The number of esters is 1. The molecule has 0 fully saturated rings. The molecule has 4 heteroatoms. The normalized spacial score (nSPS) is 18.1. The molecule has 3 N–H and O–H groups in total. The van der Waals surface area contributed by atoms with E-state index in [9.17, 15) is 4.79 Å². The van der Waals surface area contributed by atoms with Crippen molar-refractivity contribution in [3.8, 4) is 0 Å². The minimum Gasteiger partial charge on any atom is -0.461 e. The van der Waals surface area contributed by atoms with Crippen molar-refractivity contribution in [1.82, 2.24) is 0 Å². The molecule has 12 heavy (non-hydrogen) atoms. The summed E-state index contributed by atoms with van der Waals surface area (Å²) in [5.41, 5.74) is 5.34. The van der Waals surface area contributed by atoms with E-state index in [1.54, 1.807) is 6.92 Å². The molecule has 0 bridgehead atoms. The third kappa shape index (κ3) is 3.69. The van der Waals surface area contributed by atoms with Gasteiger partial charge in [-0.05, 0) is 20.3 Å². The van der Waals surface area contributed by atoms with Crippen molar-refractivity contribution in [2.75, 3.05) is 0 Å². The minimum atomic E-state index is -0.931. The summed E-state index contributed by atoms with van der Waals surface area (Å²) in [5.74, 6) is -0.542. The van der Waals surface area contributed by atoms with Gasteiger partial charge in [0.15, 0.2) is 0 Å². The van der Waals surface area contributed by atoms with Gasteiger partial charge in [-0.25, -0.2) is 0 Å². The molecule has 0 spiro atoms. The molecule has 0 saturated carbocycles. The Bertz CT molecular complexity index is 147. The molecule has 0 aromatic heterocycles. The molecule has 72 valence electrons. The maximum Gasteiger partial charge on any atom is 0.325 e. The van der Waals surface area contributed by atoms with Crippen molar-refractivity contribution in [1.29, 1.82) is 0 Å². The van der Waals surface area contributed by atoms with Crippen LogP contribution in [0.1, 0.15) is 27.2 Å². The zero-order valence-electron chi connectivity index (χ0n) is 7.78. The molecule has 0 aliphatic rings. The molecule has 4 nitrogen and oxygen atoms in total. The maximum absolute atomic E-state index is 11.0. The third-order valence-electron chi connectivity index (χ3n) is 1.68. The molecule has 0 aromatic rings. The van der Waals surface area contributed by atoms with Crippen LogP contribution in [0.15, 0.2) is 0 Å². The SMILES string of the molecule is CC[C@H](C)OC(=O)[C@H](N)C(C)O. The van der Waals surface area contributed by atoms with E-state index >= 15 is 0 Å². The van der Waals surface area contributed by atoms with Crippen molar-refractivity contribution in [3.05, 3.63) is 0 Å². The van der Waals surface area contributed by atoms with Crippen LogP contribution in [-0.4, -0.2) is 29.3 Å². The summed E-state index contributed by atoms with van der Waals surface area (Å²) in [4.78, 5) is 11.0. The Labute approximate surface area is 72.7 Å². The van der Waals surface area contributed by atoms with Crippen molar-refractivity contribution >= 4 is 5.97 Å². The van der Waals surface area contributed by atoms with Crippen LogP contribution in [0.5, 0.6) is 0 Å². The average molecular weight is 175 g/mol. The van der Waals surface area contributed by atoms with Crippen LogP contribution in [0.2, 0.25) is 0 Å². The van der Waals surface area contributed by atoms with E-state index in [0.29, 0.717) is 0 Å². The summed E-state index contributed by atoms with van der Waals surface area (Å²) < 4.78 is 4.90. The van der Waals surface area contributed by atoms with E-state index in [-0.39, 0.29) is 6.10 Å². The monoisotopic (exact) mass is 175 g/mol.